The number of hydrogen-bond acceptors (Lipinski definition) is 4. The fourth-order valence-corrected chi connectivity index (χ4v) is 2.75. The van der Waals surface area contributed by atoms with Gasteiger partial charge < -0.3 is 10.2 Å². The molecule has 0 spiro atoms. The van der Waals surface area contributed by atoms with E-state index in [1.807, 2.05) is 0 Å². The van der Waals surface area contributed by atoms with Crippen molar-refractivity contribution in [3.63, 3.8) is 0 Å². The number of aromatic nitrogens is 2. The van der Waals surface area contributed by atoms with Gasteiger partial charge in [0.05, 0.1) is 0 Å². The normalized spacial score (nSPS) is 18.1. The molecule has 2 heterocycles. The Balaban J connectivity index is 2.33. The molecule has 0 aromatic carbocycles. The molecular formula is C17H30N4. The standard InChI is InChI=1S/C17H30N4/c1-7-18-15-13(4)16(20-14(19-15)12(2)3)21-10-8-17(5,6)9-11-21/h12H,7-11H2,1-6H3,(H,18,19,20). The van der Waals surface area contributed by atoms with Gasteiger partial charge in [-0.3, -0.25) is 0 Å². The van der Waals surface area contributed by atoms with Crippen LogP contribution in [0.5, 0.6) is 0 Å². The van der Waals surface area contributed by atoms with Gasteiger partial charge in [-0.1, -0.05) is 27.7 Å². The van der Waals surface area contributed by atoms with Gasteiger partial charge in [-0.25, -0.2) is 9.97 Å². The van der Waals surface area contributed by atoms with Crippen LogP contribution in [0.25, 0.3) is 0 Å². The SMILES string of the molecule is CCNc1nc(C(C)C)nc(N2CCC(C)(C)CC2)c1C. The molecule has 21 heavy (non-hydrogen) atoms. The van der Waals surface area contributed by atoms with E-state index in [0.717, 1.165) is 37.1 Å². The van der Waals surface area contributed by atoms with Crippen LogP contribution in [0.15, 0.2) is 0 Å². The lowest BCUT2D eigenvalue weighted by molar-refractivity contribution is 0.279. The average molecular weight is 290 g/mol. The van der Waals surface area contributed by atoms with Crippen molar-refractivity contribution < 1.29 is 0 Å². The molecule has 0 aliphatic carbocycles. The van der Waals surface area contributed by atoms with E-state index in [4.69, 9.17) is 9.97 Å². The van der Waals surface area contributed by atoms with Crippen LogP contribution in [0, 0.1) is 12.3 Å². The Bertz CT molecular complexity index is 484. The van der Waals surface area contributed by atoms with E-state index >= 15 is 0 Å². The molecule has 1 aromatic rings. The third-order valence-electron chi connectivity index (χ3n) is 4.41. The van der Waals surface area contributed by atoms with Crippen molar-refractivity contribution in [1.29, 1.82) is 0 Å². The highest BCUT2D eigenvalue weighted by Crippen LogP contribution is 2.34. The molecule has 0 bridgehead atoms. The molecule has 1 saturated heterocycles. The summed E-state index contributed by atoms with van der Waals surface area (Å²) in [5.41, 5.74) is 1.64. The van der Waals surface area contributed by atoms with E-state index in [0.29, 0.717) is 11.3 Å². The predicted octanol–water partition coefficient (Wildman–Crippen LogP) is 3.97. The van der Waals surface area contributed by atoms with Crippen LogP contribution >= 0.6 is 0 Å². The summed E-state index contributed by atoms with van der Waals surface area (Å²) in [7, 11) is 0. The summed E-state index contributed by atoms with van der Waals surface area (Å²) < 4.78 is 0. The Morgan fingerprint density at radius 3 is 2.33 bits per heavy atom. The monoisotopic (exact) mass is 290 g/mol. The Morgan fingerprint density at radius 2 is 1.81 bits per heavy atom. The zero-order chi connectivity index (χ0) is 15.6. The molecule has 1 aromatic heterocycles. The number of nitrogens with zero attached hydrogens (tertiary/aromatic N) is 3. The summed E-state index contributed by atoms with van der Waals surface area (Å²) in [6.45, 7) is 16.4. The van der Waals surface area contributed by atoms with Gasteiger partial charge in [-0.2, -0.15) is 0 Å². The lowest BCUT2D eigenvalue weighted by Gasteiger charge is -2.38. The number of hydrogen-bond donors (Lipinski definition) is 1. The molecule has 1 aliphatic rings. The summed E-state index contributed by atoms with van der Waals surface area (Å²) in [4.78, 5) is 12.0. The molecule has 0 amide bonds. The summed E-state index contributed by atoms with van der Waals surface area (Å²) >= 11 is 0. The summed E-state index contributed by atoms with van der Waals surface area (Å²) in [5.74, 6) is 3.41. The molecule has 2 rings (SSSR count). The number of nitrogens with one attached hydrogen (secondary N) is 1. The van der Waals surface area contributed by atoms with Gasteiger partial charge in [-0.15, -0.1) is 0 Å². The first-order valence-corrected chi connectivity index (χ1v) is 8.21. The lowest BCUT2D eigenvalue weighted by Crippen LogP contribution is -2.38. The predicted molar refractivity (Wildman–Crippen MR) is 90.2 cm³/mol. The maximum atomic E-state index is 4.86. The van der Waals surface area contributed by atoms with Crippen LogP contribution in [-0.4, -0.2) is 29.6 Å². The Morgan fingerprint density at radius 1 is 1.19 bits per heavy atom. The van der Waals surface area contributed by atoms with Crippen molar-refractivity contribution in [1.82, 2.24) is 9.97 Å². The molecule has 0 unspecified atom stereocenters. The maximum Gasteiger partial charge on any atom is 0.137 e. The minimum Gasteiger partial charge on any atom is -0.370 e. The molecule has 1 aliphatic heterocycles. The van der Waals surface area contributed by atoms with Gasteiger partial charge in [0.1, 0.15) is 17.5 Å². The van der Waals surface area contributed by atoms with Crippen LogP contribution in [0.4, 0.5) is 11.6 Å². The summed E-state index contributed by atoms with van der Waals surface area (Å²) in [6, 6.07) is 0. The van der Waals surface area contributed by atoms with Crippen molar-refractivity contribution in [2.24, 2.45) is 5.41 Å². The Labute approximate surface area is 129 Å². The molecule has 4 heteroatoms. The zero-order valence-electron chi connectivity index (χ0n) is 14.5. The highest BCUT2D eigenvalue weighted by atomic mass is 15.2. The fourth-order valence-electron chi connectivity index (χ4n) is 2.75. The first-order valence-electron chi connectivity index (χ1n) is 8.21. The molecule has 118 valence electrons. The second-order valence-electron chi connectivity index (χ2n) is 7.22. The van der Waals surface area contributed by atoms with Gasteiger partial charge in [0.25, 0.3) is 0 Å². The molecule has 0 radical (unpaired) electrons. The highest BCUT2D eigenvalue weighted by Gasteiger charge is 2.27. The molecule has 1 fully saturated rings. The zero-order valence-corrected chi connectivity index (χ0v) is 14.5. The lowest BCUT2D eigenvalue weighted by atomic mass is 9.82. The summed E-state index contributed by atoms with van der Waals surface area (Å²) in [6.07, 6.45) is 2.45. The van der Waals surface area contributed by atoms with Crippen molar-refractivity contribution in [3.8, 4) is 0 Å². The number of anilines is 2. The van der Waals surface area contributed by atoms with Gasteiger partial charge in [0.15, 0.2) is 0 Å². The Hall–Kier alpha value is -1.32. The van der Waals surface area contributed by atoms with E-state index in [9.17, 15) is 0 Å². The molecule has 0 atom stereocenters. The highest BCUT2D eigenvalue weighted by molar-refractivity contribution is 5.59. The third kappa shape index (κ3) is 3.66. The second kappa shape index (κ2) is 6.20. The van der Waals surface area contributed by atoms with E-state index < -0.39 is 0 Å². The van der Waals surface area contributed by atoms with E-state index in [1.165, 1.54) is 18.4 Å². The molecule has 1 N–H and O–H groups in total. The quantitative estimate of drug-likeness (QED) is 0.911. The van der Waals surface area contributed by atoms with Crippen LogP contribution in [0.1, 0.15) is 64.8 Å². The van der Waals surface area contributed by atoms with E-state index in [-0.39, 0.29) is 0 Å². The minimum absolute atomic E-state index is 0.350. The Kier molecular flexibility index (Phi) is 4.74. The van der Waals surface area contributed by atoms with E-state index in [2.05, 4.69) is 51.8 Å². The van der Waals surface area contributed by atoms with Gasteiger partial charge >= 0.3 is 0 Å². The van der Waals surface area contributed by atoms with Crippen LogP contribution in [-0.2, 0) is 0 Å². The van der Waals surface area contributed by atoms with Gasteiger partial charge in [0.2, 0.25) is 0 Å². The smallest absolute Gasteiger partial charge is 0.137 e. The maximum absolute atomic E-state index is 4.86. The molecule has 4 nitrogen and oxygen atoms in total. The van der Waals surface area contributed by atoms with E-state index in [1.54, 1.807) is 0 Å². The first kappa shape index (κ1) is 16.1. The average Bonchev–Trinajstić information content (AvgIpc) is 2.41. The largest absolute Gasteiger partial charge is 0.370 e. The third-order valence-corrected chi connectivity index (χ3v) is 4.41. The van der Waals surface area contributed by atoms with Crippen molar-refractivity contribution >= 4 is 11.6 Å². The number of rotatable bonds is 4. The van der Waals surface area contributed by atoms with Crippen LogP contribution in [0.3, 0.4) is 0 Å². The molecule has 0 saturated carbocycles. The topological polar surface area (TPSA) is 41.1 Å². The van der Waals surface area contributed by atoms with Crippen molar-refractivity contribution in [3.05, 3.63) is 11.4 Å². The fraction of sp³-hybridized carbons (Fsp3) is 0.765. The summed E-state index contributed by atoms with van der Waals surface area (Å²) in [5, 5.41) is 3.39. The number of piperidine rings is 1. The van der Waals surface area contributed by atoms with Crippen molar-refractivity contribution in [2.75, 3.05) is 29.9 Å². The molecular weight excluding hydrogens is 260 g/mol. The van der Waals surface area contributed by atoms with Crippen LogP contribution in [0.2, 0.25) is 0 Å². The second-order valence-corrected chi connectivity index (χ2v) is 7.22. The minimum atomic E-state index is 0.350. The van der Waals surface area contributed by atoms with Gasteiger partial charge in [-0.05, 0) is 32.1 Å². The van der Waals surface area contributed by atoms with Crippen LogP contribution < -0.4 is 10.2 Å². The van der Waals surface area contributed by atoms with Gasteiger partial charge in [0, 0.05) is 31.1 Å². The first-order chi connectivity index (χ1) is 9.84. The van der Waals surface area contributed by atoms with Crippen molar-refractivity contribution in [2.45, 2.75) is 60.3 Å².